The van der Waals surface area contributed by atoms with Gasteiger partial charge in [-0.25, -0.2) is 13.4 Å². The van der Waals surface area contributed by atoms with Gasteiger partial charge in [-0.05, 0) is 31.2 Å². The van der Waals surface area contributed by atoms with Crippen LogP contribution in [0.5, 0.6) is 0 Å². The Morgan fingerprint density at radius 3 is 2.22 bits per heavy atom. The molecule has 0 aliphatic heterocycles. The Hall–Kier alpha value is -2.30. The van der Waals surface area contributed by atoms with Crippen LogP contribution >= 0.6 is 11.3 Å². The van der Waals surface area contributed by atoms with Crippen molar-refractivity contribution in [3.05, 3.63) is 40.3 Å². The Labute approximate surface area is 162 Å². The molecule has 8 nitrogen and oxygen atoms in total. The molecular formula is C17H22N4O4S2. The van der Waals surface area contributed by atoms with Crippen LogP contribution in [0.3, 0.4) is 0 Å². The van der Waals surface area contributed by atoms with Crippen LogP contribution < -0.4 is 10.6 Å². The Morgan fingerprint density at radius 2 is 1.74 bits per heavy atom. The molecule has 1 aromatic heterocycles. The molecule has 2 rings (SSSR count). The lowest BCUT2D eigenvalue weighted by Gasteiger charge is -2.19. The molecule has 2 N–H and O–H groups in total. The molecule has 0 unspecified atom stereocenters. The summed E-state index contributed by atoms with van der Waals surface area (Å²) in [4.78, 5) is 27.4. The van der Waals surface area contributed by atoms with Crippen molar-refractivity contribution < 1.29 is 18.0 Å². The number of carbonyl (C=O) groups is 2. The second-order valence-electron chi connectivity index (χ2n) is 5.85. The zero-order valence-corrected chi connectivity index (χ0v) is 17.0. The average molecular weight is 411 g/mol. The van der Waals surface area contributed by atoms with E-state index in [1.165, 1.54) is 18.3 Å². The number of hydrogen-bond acceptors (Lipinski definition) is 6. The van der Waals surface area contributed by atoms with E-state index in [1.807, 2.05) is 6.92 Å². The summed E-state index contributed by atoms with van der Waals surface area (Å²) in [5.41, 5.74) is 1.60. The molecule has 0 spiro atoms. The smallest absolute Gasteiger partial charge is 0.239 e. The predicted molar refractivity (Wildman–Crippen MR) is 106 cm³/mol. The summed E-state index contributed by atoms with van der Waals surface area (Å²) >= 11 is 1.39. The Morgan fingerprint density at radius 1 is 1.15 bits per heavy atom. The Balaban J connectivity index is 1.98. The van der Waals surface area contributed by atoms with Crippen molar-refractivity contribution in [3.8, 4) is 0 Å². The fourth-order valence-corrected chi connectivity index (χ4v) is 4.49. The maximum atomic E-state index is 12.5. The molecule has 0 aliphatic carbocycles. The summed E-state index contributed by atoms with van der Waals surface area (Å²) in [7, 11) is -3.65. The molecule has 1 heterocycles. The van der Waals surface area contributed by atoms with E-state index in [1.54, 1.807) is 36.6 Å². The third-order valence-corrected chi connectivity index (χ3v) is 6.21. The number of sulfonamides is 1. The SMILES string of the molecule is CCN(CC(=O)Nc1ccc(NC(C)=O)cc1)S(=O)(=O)Cc1csc(C)n1. The lowest BCUT2D eigenvalue weighted by Crippen LogP contribution is -2.38. The van der Waals surface area contributed by atoms with Crippen molar-refractivity contribution in [2.24, 2.45) is 0 Å². The molecule has 0 radical (unpaired) electrons. The Kier molecular flexibility index (Phi) is 7.05. The van der Waals surface area contributed by atoms with E-state index in [0.29, 0.717) is 17.1 Å². The summed E-state index contributed by atoms with van der Waals surface area (Å²) < 4.78 is 26.2. The van der Waals surface area contributed by atoms with Crippen LogP contribution in [0.1, 0.15) is 24.5 Å². The first-order valence-electron chi connectivity index (χ1n) is 8.26. The number of anilines is 2. The standard InChI is InChI=1S/C17H22N4O4S2/c1-4-21(27(24,25)11-16-10-26-13(3)19-16)9-17(23)20-15-7-5-14(6-8-15)18-12(2)22/h5-8,10H,4,9,11H2,1-3H3,(H,18,22)(H,20,23). The van der Waals surface area contributed by atoms with Crippen LogP contribution in [-0.4, -0.2) is 42.6 Å². The van der Waals surface area contributed by atoms with Crippen molar-refractivity contribution in [1.29, 1.82) is 0 Å². The minimum Gasteiger partial charge on any atom is -0.326 e. The highest BCUT2D eigenvalue weighted by Gasteiger charge is 2.24. The van der Waals surface area contributed by atoms with Crippen LogP contribution in [0.15, 0.2) is 29.6 Å². The van der Waals surface area contributed by atoms with Gasteiger partial charge in [-0.15, -0.1) is 11.3 Å². The summed E-state index contributed by atoms with van der Waals surface area (Å²) in [6.45, 7) is 4.79. The van der Waals surface area contributed by atoms with Gasteiger partial charge in [-0.1, -0.05) is 6.92 Å². The number of benzene rings is 1. The fourth-order valence-electron chi connectivity index (χ4n) is 2.36. The number of aromatic nitrogens is 1. The minimum atomic E-state index is -3.65. The third-order valence-electron chi connectivity index (χ3n) is 3.55. The van der Waals surface area contributed by atoms with Crippen molar-refractivity contribution >= 4 is 44.5 Å². The lowest BCUT2D eigenvalue weighted by molar-refractivity contribution is -0.116. The van der Waals surface area contributed by atoms with Gasteiger partial charge in [-0.2, -0.15) is 4.31 Å². The maximum absolute atomic E-state index is 12.5. The number of nitrogens with one attached hydrogen (secondary N) is 2. The van der Waals surface area contributed by atoms with Crippen molar-refractivity contribution in [2.75, 3.05) is 23.7 Å². The molecule has 0 atom stereocenters. The van der Waals surface area contributed by atoms with Gasteiger partial charge in [0.05, 0.1) is 17.2 Å². The largest absolute Gasteiger partial charge is 0.326 e. The first-order chi connectivity index (χ1) is 12.7. The number of carbonyl (C=O) groups excluding carboxylic acids is 2. The van der Waals surface area contributed by atoms with Crippen LogP contribution in [0, 0.1) is 6.92 Å². The minimum absolute atomic E-state index is 0.181. The number of rotatable bonds is 8. The molecule has 0 fully saturated rings. The monoisotopic (exact) mass is 410 g/mol. The van der Waals surface area contributed by atoms with Gasteiger partial charge in [0.1, 0.15) is 5.75 Å². The molecule has 2 amide bonds. The molecular weight excluding hydrogens is 388 g/mol. The average Bonchev–Trinajstić information content (AvgIpc) is 2.98. The maximum Gasteiger partial charge on any atom is 0.239 e. The van der Waals surface area contributed by atoms with Crippen molar-refractivity contribution in [3.63, 3.8) is 0 Å². The molecule has 1 aromatic carbocycles. The predicted octanol–water partition coefficient (Wildman–Crippen LogP) is 2.20. The van der Waals surface area contributed by atoms with Gasteiger partial charge in [-0.3, -0.25) is 9.59 Å². The third kappa shape index (κ3) is 6.42. The number of hydrogen-bond donors (Lipinski definition) is 2. The number of aryl methyl sites for hydroxylation is 1. The van der Waals surface area contributed by atoms with Gasteiger partial charge >= 0.3 is 0 Å². The van der Waals surface area contributed by atoms with Gasteiger partial charge in [0, 0.05) is 30.2 Å². The van der Waals surface area contributed by atoms with E-state index >= 15 is 0 Å². The highest BCUT2D eigenvalue weighted by Crippen LogP contribution is 2.16. The summed E-state index contributed by atoms with van der Waals surface area (Å²) in [6.07, 6.45) is 0. The summed E-state index contributed by atoms with van der Waals surface area (Å²) in [6, 6.07) is 6.56. The zero-order valence-electron chi connectivity index (χ0n) is 15.4. The number of amides is 2. The van der Waals surface area contributed by atoms with E-state index in [0.717, 1.165) is 9.31 Å². The summed E-state index contributed by atoms with van der Waals surface area (Å²) in [5, 5.41) is 7.78. The van der Waals surface area contributed by atoms with E-state index in [9.17, 15) is 18.0 Å². The van der Waals surface area contributed by atoms with Crippen LogP contribution in [-0.2, 0) is 25.4 Å². The van der Waals surface area contributed by atoms with Gasteiger partial charge in [0.25, 0.3) is 0 Å². The summed E-state index contributed by atoms with van der Waals surface area (Å²) in [5.74, 6) is -0.864. The number of likely N-dealkylation sites (N-methyl/N-ethyl adjacent to an activating group) is 1. The topological polar surface area (TPSA) is 108 Å². The second kappa shape index (κ2) is 9.07. The quantitative estimate of drug-likeness (QED) is 0.693. The zero-order chi connectivity index (χ0) is 20.0. The van der Waals surface area contributed by atoms with Crippen LogP contribution in [0.25, 0.3) is 0 Å². The fraction of sp³-hybridized carbons (Fsp3) is 0.353. The first kappa shape index (κ1) is 21.0. The number of thiazole rings is 1. The van der Waals surface area contributed by atoms with Crippen molar-refractivity contribution in [2.45, 2.75) is 26.5 Å². The molecule has 146 valence electrons. The van der Waals surface area contributed by atoms with Crippen LogP contribution in [0.4, 0.5) is 11.4 Å². The lowest BCUT2D eigenvalue weighted by atomic mass is 10.2. The van der Waals surface area contributed by atoms with E-state index < -0.39 is 15.9 Å². The van der Waals surface area contributed by atoms with Gasteiger partial charge in [0.2, 0.25) is 21.8 Å². The highest BCUT2D eigenvalue weighted by molar-refractivity contribution is 7.88. The second-order valence-corrected chi connectivity index (χ2v) is 8.88. The molecule has 27 heavy (non-hydrogen) atoms. The van der Waals surface area contributed by atoms with Crippen LogP contribution in [0.2, 0.25) is 0 Å². The molecule has 0 bridgehead atoms. The molecule has 0 saturated carbocycles. The van der Waals surface area contributed by atoms with Crippen molar-refractivity contribution in [1.82, 2.24) is 9.29 Å². The molecule has 10 heteroatoms. The number of nitrogens with zero attached hydrogens (tertiary/aromatic N) is 2. The molecule has 2 aromatic rings. The molecule has 0 aliphatic rings. The van der Waals surface area contributed by atoms with E-state index in [-0.39, 0.29) is 24.7 Å². The first-order valence-corrected chi connectivity index (χ1v) is 10.7. The molecule has 0 saturated heterocycles. The van der Waals surface area contributed by atoms with E-state index in [4.69, 9.17) is 0 Å². The Bertz CT molecular complexity index is 907. The van der Waals surface area contributed by atoms with Gasteiger partial charge in [0.15, 0.2) is 0 Å². The van der Waals surface area contributed by atoms with E-state index in [2.05, 4.69) is 15.6 Å². The van der Waals surface area contributed by atoms with Gasteiger partial charge < -0.3 is 10.6 Å². The normalized spacial score (nSPS) is 11.4. The highest BCUT2D eigenvalue weighted by atomic mass is 32.2.